The third kappa shape index (κ3) is 2.39. The Kier molecular flexibility index (Phi) is 3.00. The van der Waals surface area contributed by atoms with Crippen molar-refractivity contribution < 1.29 is 18.4 Å². The first-order valence-corrected chi connectivity index (χ1v) is 7.03. The Hall–Kier alpha value is -1.24. The van der Waals surface area contributed by atoms with Gasteiger partial charge in [-0.15, -0.1) is 0 Å². The molecule has 3 fully saturated rings. The summed E-state index contributed by atoms with van der Waals surface area (Å²) in [5.41, 5.74) is 5.79. The van der Waals surface area contributed by atoms with E-state index in [1.807, 2.05) is 0 Å². The standard InChI is InChI=1S/C13H19F2N3O2/c14-13(15)3-4-17(8-13)10(19)11(20)18-6-9-1-2-12(16,5-9)7-18/h9H,1-8,16H2. The Morgan fingerprint density at radius 1 is 1.10 bits per heavy atom. The van der Waals surface area contributed by atoms with Gasteiger partial charge in [0.1, 0.15) is 0 Å². The van der Waals surface area contributed by atoms with Gasteiger partial charge >= 0.3 is 11.8 Å². The summed E-state index contributed by atoms with van der Waals surface area (Å²) in [4.78, 5) is 26.6. The van der Waals surface area contributed by atoms with Crippen LogP contribution in [-0.4, -0.2) is 59.3 Å². The second-order valence-electron chi connectivity index (χ2n) is 6.49. The number of carbonyl (C=O) groups excluding carboxylic acids is 2. The van der Waals surface area contributed by atoms with Crippen LogP contribution in [0, 0.1) is 5.92 Å². The van der Waals surface area contributed by atoms with Crippen molar-refractivity contribution >= 4 is 11.8 Å². The molecular formula is C13H19F2N3O2. The third-order valence-corrected chi connectivity index (χ3v) is 4.66. The fourth-order valence-electron chi connectivity index (χ4n) is 3.66. The van der Waals surface area contributed by atoms with Gasteiger partial charge in [0, 0.05) is 31.6 Å². The lowest BCUT2D eigenvalue weighted by atomic mass is 9.92. The summed E-state index contributed by atoms with van der Waals surface area (Å²) < 4.78 is 26.2. The maximum absolute atomic E-state index is 13.1. The fourth-order valence-corrected chi connectivity index (χ4v) is 3.66. The monoisotopic (exact) mass is 287 g/mol. The molecule has 2 heterocycles. The second-order valence-corrected chi connectivity index (χ2v) is 6.49. The number of halogens is 2. The van der Waals surface area contributed by atoms with E-state index in [0.29, 0.717) is 19.0 Å². The van der Waals surface area contributed by atoms with Gasteiger partial charge < -0.3 is 15.5 Å². The molecule has 0 spiro atoms. The molecule has 2 atom stereocenters. The van der Waals surface area contributed by atoms with Crippen LogP contribution in [0.1, 0.15) is 25.7 Å². The molecule has 0 aromatic rings. The van der Waals surface area contributed by atoms with E-state index in [4.69, 9.17) is 5.73 Å². The summed E-state index contributed by atoms with van der Waals surface area (Å²) in [5.74, 6) is -4.02. The van der Waals surface area contributed by atoms with Crippen LogP contribution in [0.5, 0.6) is 0 Å². The zero-order chi connectivity index (χ0) is 14.5. The molecule has 3 aliphatic rings. The van der Waals surface area contributed by atoms with Crippen LogP contribution in [0.25, 0.3) is 0 Å². The van der Waals surface area contributed by atoms with Crippen molar-refractivity contribution in [3.63, 3.8) is 0 Å². The topological polar surface area (TPSA) is 66.6 Å². The number of carbonyl (C=O) groups is 2. The molecule has 7 heteroatoms. The van der Waals surface area contributed by atoms with Crippen molar-refractivity contribution in [2.75, 3.05) is 26.2 Å². The summed E-state index contributed by atoms with van der Waals surface area (Å²) in [6, 6.07) is 0. The number of nitrogens with two attached hydrogens (primary N) is 1. The smallest absolute Gasteiger partial charge is 0.312 e. The normalized spacial score (nSPS) is 35.5. The van der Waals surface area contributed by atoms with E-state index in [9.17, 15) is 18.4 Å². The van der Waals surface area contributed by atoms with E-state index in [1.165, 1.54) is 4.90 Å². The largest absolute Gasteiger partial charge is 0.332 e. The summed E-state index contributed by atoms with van der Waals surface area (Å²) in [5, 5.41) is 0. The van der Waals surface area contributed by atoms with Crippen LogP contribution in [0.15, 0.2) is 0 Å². The lowest BCUT2D eigenvalue weighted by Crippen LogP contribution is -2.57. The Balaban J connectivity index is 1.66. The van der Waals surface area contributed by atoms with Gasteiger partial charge in [0.2, 0.25) is 0 Å². The van der Waals surface area contributed by atoms with Crippen molar-refractivity contribution in [3.05, 3.63) is 0 Å². The minimum absolute atomic E-state index is 0.0530. The Morgan fingerprint density at radius 3 is 2.40 bits per heavy atom. The first-order valence-electron chi connectivity index (χ1n) is 7.03. The molecule has 0 aromatic heterocycles. The number of likely N-dealkylation sites (tertiary alicyclic amines) is 2. The minimum Gasteiger partial charge on any atom is -0.332 e. The van der Waals surface area contributed by atoms with E-state index in [1.54, 1.807) is 0 Å². The van der Waals surface area contributed by atoms with Crippen LogP contribution >= 0.6 is 0 Å². The molecule has 2 unspecified atom stereocenters. The SMILES string of the molecule is NC12CCC(CN(C(=O)C(=O)N3CCC(F)(F)C3)C1)C2. The zero-order valence-corrected chi connectivity index (χ0v) is 11.3. The van der Waals surface area contributed by atoms with Gasteiger partial charge in [0.25, 0.3) is 5.92 Å². The molecule has 2 saturated heterocycles. The molecular weight excluding hydrogens is 268 g/mol. The number of hydrogen-bond acceptors (Lipinski definition) is 3. The van der Waals surface area contributed by atoms with Crippen LogP contribution < -0.4 is 5.73 Å². The summed E-state index contributed by atoms with van der Waals surface area (Å²) in [6.07, 6.45) is 2.34. The molecule has 2 amide bonds. The summed E-state index contributed by atoms with van der Waals surface area (Å²) in [7, 11) is 0. The van der Waals surface area contributed by atoms with Crippen molar-refractivity contribution in [1.82, 2.24) is 9.80 Å². The molecule has 20 heavy (non-hydrogen) atoms. The maximum Gasteiger partial charge on any atom is 0.312 e. The summed E-state index contributed by atoms with van der Waals surface area (Å²) in [6.45, 7) is 0.178. The van der Waals surface area contributed by atoms with Gasteiger partial charge in [-0.2, -0.15) is 0 Å². The molecule has 3 rings (SSSR count). The number of alkyl halides is 2. The van der Waals surface area contributed by atoms with Crippen LogP contribution in [0.3, 0.4) is 0 Å². The molecule has 112 valence electrons. The van der Waals surface area contributed by atoms with Crippen LogP contribution in [-0.2, 0) is 9.59 Å². The van der Waals surface area contributed by atoms with Gasteiger partial charge in [0.05, 0.1) is 6.54 Å². The molecule has 2 bridgehead atoms. The third-order valence-electron chi connectivity index (χ3n) is 4.66. The van der Waals surface area contributed by atoms with Crippen LogP contribution in [0.2, 0.25) is 0 Å². The molecule has 2 N–H and O–H groups in total. The van der Waals surface area contributed by atoms with E-state index < -0.39 is 29.8 Å². The second kappa shape index (κ2) is 4.38. The van der Waals surface area contributed by atoms with Crippen molar-refractivity contribution in [1.29, 1.82) is 0 Å². The highest BCUT2D eigenvalue weighted by molar-refractivity contribution is 6.35. The lowest BCUT2D eigenvalue weighted by molar-refractivity contribution is -0.153. The van der Waals surface area contributed by atoms with Gasteiger partial charge in [-0.05, 0) is 25.2 Å². The molecule has 0 radical (unpaired) electrons. The first-order chi connectivity index (χ1) is 9.28. The summed E-state index contributed by atoms with van der Waals surface area (Å²) >= 11 is 0. The van der Waals surface area contributed by atoms with E-state index >= 15 is 0 Å². The van der Waals surface area contributed by atoms with Gasteiger partial charge in [0.15, 0.2) is 0 Å². The Labute approximate surface area is 116 Å². The lowest BCUT2D eigenvalue weighted by Gasteiger charge is -2.37. The Bertz CT molecular complexity index is 457. The number of fused-ring (bicyclic) bond motifs is 2. The average Bonchev–Trinajstić information content (AvgIpc) is 2.86. The van der Waals surface area contributed by atoms with Gasteiger partial charge in [-0.25, -0.2) is 8.78 Å². The molecule has 5 nitrogen and oxygen atoms in total. The predicted octanol–water partition coefficient (Wildman–Crippen LogP) is 0.194. The highest BCUT2D eigenvalue weighted by atomic mass is 19.3. The van der Waals surface area contributed by atoms with Crippen LogP contribution in [0.4, 0.5) is 8.78 Å². The van der Waals surface area contributed by atoms with Crippen molar-refractivity contribution in [2.45, 2.75) is 37.1 Å². The predicted molar refractivity (Wildman–Crippen MR) is 67.0 cm³/mol. The number of piperidine rings is 1. The van der Waals surface area contributed by atoms with Crippen molar-refractivity contribution in [3.8, 4) is 0 Å². The fraction of sp³-hybridized carbons (Fsp3) is 0.846. The minimum atomic E-state index is -2.87. The van der Waals surface area contributed by atoms with E-state index in [2.05, 4.69) is 0 Å². The number of amides is 2. The number of hydrogen-bond donors (Lipinski definition) is 1. The highest BCUT2D eigenvalue weighted by Crippen LogP contribution is 2.38. The molecule has 0 aromatic carbocycles. The van der Waals surface area contributed by atoms with Crippen molar-refractivity contribution in [2.24, 2.45) is 11.7 Å². The first kappa shape index (κ1) is 13.7. The zero-order valence-electron chi connectivity index (χ0n) is 11.3. The van der Waals surface area contributed by atoms with E-state index in [0.717, 1.165) is 24.2 Å². The Morgan fingerprint density at radius 2 is 1.80 bits per heavy atom. The van der Waals surface area contributed by atoms with Gasteiger partial charge in [-0.1, -0.05) is 0 Å². The molecule has 2 aliphatic heterocycles. The average molecular weight is 287 g/mol. The molecule has 1 aliphatic carbocycles. The quantitative estimate of drug-likeness (QED) is 0.647. The maximum atomic E-state index is 13.1. The van der Waals surface area contributed by atoms with E-state index in [-0.39, 0.29) is 13.0 Å². The number of rotatable bonds is 0. The number of nitrogens with zero attached hydrogens (tertiary/aromatic N) is 2. The van der Waals surface area contributed by atoms with Gasteiger partial charge in [-0.3, -0.25) is 9.59 Å². The highest BCUT2D eigenvalue weighted by Gasteiger charge is 2.47. The molecule has 1 saturated carbocycles.